The third kappa shape index (κ3) is 3.67. The predicted octanol–water partition coefficient (Wildman–Crippen LogP) is 3.68. The van der Waals surface area contributed by atoms with Gasteiger partial charge in [0.15, 0.2) is 0 Å². The van der Waals surface area contributed by atoms with Gasteiger partial charge in [-0.1, -0.05) is 12.8 Å². The summed E-state index contributed by atoms with van der Waals surface area (Å²) in [5.41, 5.74) is 2.27. The number of aryl methyl sites for hydroxylation is 1. The highest BCUT2D eigenvalue weighted by atomic mass is 16.2. The lowest BCUT2D eigenvalue weighted by molar-refractivity contribution is -0.131. The van der Waals surface area contributed by atoms with Gasteiger partial charge in [-0.25, -0.2) is 4.98 Å². The van der Waals surface area contributed by atoms with E-state index >= 15 is 0 Å². The number of likely N-dealkylation sites (tertiary alicyclic amines) is 1. The molecule has 0 aromatic carbocycles. The van der Waals surface area contributed by atoms with E-state index < -0.39 is 0 Å². The Labute approximate surface area is 155 Å². The largest absolute Gasteiger partial charge is 0.342 e. The van der Waals surface area contributed by atoms with Crippen LogP contribution in [0.4, 0.5) is 0 Å². The number of nitrogens with zero attached hydrogens (tertiary/aromatic N) is 4. The summed E-state index contributed by atoms with van der Waals surface area (Å²) in [4.78, 5) is 23.4. The molecule has 0 radical (unpaired) electrons. The van der Waals surface area contributed by atoms with Crippen molar-refractivity contribution >= 4 is 5.91 Å². The van der Waals surface area contributed by atoms with Crippen molar-refractivity contribution in [3.05, 3.63) is 36.4 Å². The Balaban J connectivity index is 1.40. The first-order valence-electron chi connectivity index (χ1n) is 9.91. The molecule has 4 rings (SSSR count). The van der Waals surface area contributed by atoms with Gasteiger partial charge < -0.3 is 9.47 Å². The molecular formula is C21H28N4O. The molecule has 2 aliphatic rings. The van der Waals surface area contributed by atoms with E-state index in [1.54, 1.807) is 0 Å². The summed E-state index contributed by atoms with van der Waals surface area (Å²) in [6, 6.07) is 4.01. The lowest BCUT2D eigenvalue weighted by Crippen LogP contribution is -2.30. The Bertz CT molecular complexity index is 749. The summed E-state index contributed by atoms with van der Waals surface area (Å²) in [7, 11) is 0. The molecule has 5 heteroatoms. The average molecular weight is 352 g/mol. The molecular weight excluding hydrogens is 324 g/mol. The first kappa shape index (κ1) is 17.3. The van der Waals surface area contributed by atoms with E-state index in [0.717, 1.165) is 43.9 Å². The van der Waals surface area contributed by atoms with Crippen LogP contribution in [0.25, 0.3) is 11.4 Å². The van der Waals surface area contributed by atoms with Crippen LogP contribution in [0.2, 0.25) is 0 Å². The van der Waals surface area contributed by atoms with Crippen LogP contribution < -0.4 is 0 Å². The molecule has 2 aromatic heterocycles. The van der Waals surface area contributed by atoms with E-state index in [4.69, 9.17) is 0 Å². The topological polar surface area (TPSA) is 51.0 Å². The van der Waals surface area contributed by atoms with Crippen molar-refractivity contribution in [3.8, 4) is 11.4 Å². The van der Waals surface area contributed by atoms with Crippen molar-refractivity contribution < 1.29 is 4.79 Å². The zero-order valence-electron chi connectivity index (χ0n) is 15.6. The fourth-order valence-corrected chi connectivity index (χ4v) is 4.48. The van der Waals surface area contributed by atoms with Gasteiger partial charge in [0.1, 0.15) is 5.82 Å². The molecule has 26 heavy (non-hydrogen) atoms. The molecule has 0 bridgehead atoms. The second kappa shape index (κ2) is 7.60. The number of carbonyl (C=O) groups is 1. The number of rotatable bonds is 5. The van der Waals surface area contributed by atoms with Gasteiger partial charge in [0.05, 0.1) is 0 Å². The zero-order chi connectivity index (χ0) is 17.9. The van der Waals surface area contributed by atoms with Crippen LogP contribution in [0.5, 0.6) is 0 Å². The van der Waals surface area contributed by atoms with Crippen molar-refractivity contribution in [2.75, 3.05) is 13.1 Å². The van der Waals surface area contributed by atoms with Gasteiger partial charge in [-0.3, -0.25) is 9.78 Å². The Kier molecular flexibility index (Phi) is 5.05. The van der Waals surface area contributed by atoms with Gasteiger partial charge in [-0.2, -0.15) is 0 Å². The van der Waals surface area contributed by atoms with Gasteiger partial charge in [-0.05, 0) is 50.2 Å². The second-order valence-electron chi connectivity index (χ2n) is 7.92. The van der Waals surface area contributed by atoms with E-state index in [9.17, 15) is 4.79 Å². The minimum absolute atomic E-state index is 0.371. The van der Waals surface area contributed by atoms with Crippen molar-refractivity contribution in [2.45, 2.75) is 52.0 Å². The lowest BCUT2D eigenvalue weighted by Gasteiger charge is -2.19. The molecule has 2 fully saturated rings. The normalized spacial score (nSPS) is 20.8. The molecule has 1 aliphatic heterocycles. The minimum Gasteiger partial charge on any atom is -0.342 e. The van der Waals surface area contributed by atoms with Crippen LogP contribution in [0, 0.1) is 18.8 Å². The molecule has 0 N–H and O–H groups in total. The van der Waals surface area contributed by atoms with E-state index in [1.165, 1.54) is 31.4 Å². The van der Waals surface area contributed by atoms with Crippen molar-refractivity contribution in [2.24, 2.45) is 11.8 Å². The summed E-state index contributed by atoms with van der Waals surface area (Å²) in [6.45, 7) is 4.83. The third-order valence-electron chi connectivity index (χ3n) is 6.01. The highest BCUT2D eigenvalue weighted by Crippen LogP contribution is 2.30. The molecule has 2 aromatic rings. The second-order valence-corrected chi connectivity index (χ2v) is 7.92. The van der Waals surface area contributed by atoms with Crippen molar-refractivity contribution in [3.63, 3.8) is 0 Å². The summed E-state index contributed by atoms with van der Waals surface area (Å²) < 4.78 is 2.30. The summed E-state index contributed by atoms with van der Waals surface area (Å²) in [5.74, 6) is 2.52. The van der Waals surface area contributed by atoms with Crippen LogP contribution in [0.1, 0.15) is 44.2 Å². The minimum atomic E-state index is 0.371. The number of imidazole rings is 1. The van der Waals surface area contributed by atoms with E-state index in [1.807, 2.05) is 30.7 Å². The Morgan fingerprint density at radius 1 is 1.15 bits per heavy atom. The first-order valence-corrected chi connectivity index (χ1v) is 9.91. The maximum Gasteiger partial charge on any atom is 0.222 e. The summed E-state index contributed by atoms with van der Waals surface area (Å²) in [6.07, 6.45) is 12.5. The zero-order valence-corrected chi connectivity index (χ0v) is 15.6. The first-order chi connectivity index (χ1) is 12.7. The van der Waals surface area contributed by atoms with Gasteiger partial charge in [-0.15, -0.1) is 0 Å². The predicted molar refractivity (Wildman–Crippen MR) is 101 cm³/mol. The van der Waals surface area contributed by atoms with Gasteiger partial charge in [0.2, 0.25) is 5.91 Å². The fraction of sp³-hybridized carbons (Fsp3) is 0.571. The molecule has 1 aliphatic carbocycles. The van der Waals surface area contributed by atoms with Crippen LogP contribution in [-0.4, -0.2) is 38.4 Å². The molecule has 1 unspecified atom stereocenters. The molecule has 1 amide bonds. The van der Waals surface area contributed by atoms with E-state index in [0.29, 0.717) is 17.7 Å². The fourth-order valence-electron chi connectivity index (χ4n) is 4.48. The SMILES string of the molecule is Cc1cnc(-c2ccncc2)n1CC1CCN(C(=O)CC2CCCC2)C1. The van der Waals surface area contributed by atoms with Gasteiger partial charge >= 0.3 is 0 Å². The summed E-state index contributed by atoms with van der Waals surface area (Å²) >= 11 is 0. The molecule has 1 atom stereocenters. The van der Waals surface area contributed by atoms with Gasteiger partial charge in [0.25, 0.3) is 0 Å². The third-order valence-corrected chi connectivity index (χ3v) is 6.01. The number of hydrogen-bond acceptors (Lipinski definition) is 3. The van der Waals surface area contributed by atoms with Crippen molar-refractivity contribution in [1.82, 2.24) is 19.4 Å². The smallest absolute Gasteiger partial charge is 0.222 e. The average Bonchev–Trinajstić information content (AvgIpc) is 3.39. The molecule has 138 valence electrons. The molecule has 3 heterocycles. The van der Waals surface area contributed by atoms with Crippen LogP contribution >= 0.6 is 0 Å². The van der Waals surface area contributed by atoms with Crippen molar-refractivity contribution in [1.29, 1.82) is 0 Å². The van der Waals surface area contributed by atoms with E-state index in [-0.39, 0.29) is 0 Å². The molecule has 1 saturated carbocycles. The highest BCUT2D eigenvalue weighted by molar-refractivity contribution is 5.76. The maximum absolute atomic E-state index is 12.6. The maximum atomic E-state index is 12.6. The number of carbonyl (C=O) groups excluding carboxylic acids is 1. The molecule has 5 nitrogen and oxygen atoms in total. The molecule has 1 saturated heterocycles. The number of aromatic nitrogens is 3. The highest BCUT2D eigenvalue weighted by Gasteiger charge is 2.29. The standard InChI is InChI=1S/C21H28N4O/c1-16-13-23-21(19-6-9-22-10-7-19)25(16)15-18-8-11-24(14-18)20(26)12-17-4-2-3-5-17/h6-7,9-10,13,17-18H,2-5,8,11-12,14-15H2,1H3. The lowest BCUT2D eigenvalue weighted by atomic mass is 10.0. The van der Waals surface area contributed by atoms with E-state index in [2.05, 4.69) is 26.4 Å². The van der Waals surface area contributed by atoms with Crippen LogP contribution in [0.15, 0.2) is 30.7 Å². The van der Waals surface area contributed by atoms with Crippen LogP contribution in [-0.2, 0) is 11.3 Å². The Morgan fingerprint density at radius 3 is 2.69 bits per heavy atom. The molecule has 0 spiro atoms. The number of hydrogen-bond donors (Lipinski definition) is 0. The van der Waals surface area contributed by atoms with Crippen LogP contribution in [0.3, 0.4) is 0 Å². The Hall–Kier alpha value is -2.17. The van der Waals surface area contributed by atoms with Gasteiger partial charge in [0, 0.05) is 55.9 Å². The number of pyridine rings is 1. The number of amides is 1. The summed E-state index contributed by atoms with van der Waals surface area (Å²) in [5, 5.41) is 0. The quantitative estimate of drug-likeness (QED) is 0.825. The Morgan fingerprint density at radius 2 is 1.92 bits per heavy atom. The monoisotopic (exact) mass is 352 g/mol.